The van der Waals surface area contributed by atoms with E-state index in [2.05, 4.69) is 16.9 Å². The van der Waals surface area contributed by atoms with E-state index in [1.807, 2.05) is 22.9 Å². The molecule has 1 aromatic carbocycles. The zero-order valence-corrected chi connectivity index (χ0v) is 11.7. The summed E-state index contributed by atoms with van der Waals surface area (Å²) >= 11 is 0. The van der Waals surface area contributed by atoms with Crippen molar-refractivity contribution in [1.29, 1.82) is 0 Å². The van der Waals surface area contributed by atoms with E-state index in [9.17, 15) is 0 Å². The predicted molar refractivity (Wildman–Crippen MR) is 78.7 cm³/mol. The van der Waals surface area contributed by atoms with Crippen molar-refractivity contribution in [3.05, 3.63) is 18.2 Å². The number of ether oxygens (including phenoxy) is 2. The molecule has 0 radical (unpaired) electrons. The van der Waals surface area contributed by atoms with Crippen LogP contribution in [-0.2, 0) is 4.74 Å². The predicted octanol–water partition coefficient (Wildman–Crippen LogP) is 1.38. The molecule has 2 heterocycles. The molecule has 0 unspecified atom stereocenters. The average Bonchev–Trinajstić information content (AvgIpc) is 2.82. The van der Waals surface area contributed by atoms with Crippen LogP contribution in [0.1, 0.15) is 13.3 Å². The highest BCUT2D eigenvalue weighted by atomic mass is 16.5. The van der Waals surface area contributed by atoms with Gasteiger partial charge in [-0.25, -0.2) is 9.66 Å². The van der Waals surface area contributed by atoms with Crippen molar-refractivity contribution in [2.24, 2.45) is 0 Å². The highest BCUT2D eigenvalue weighted by molar-refractivity contribution is 5.84. The van der Waals surface area contributed by atoms with Gasteiger partial charge in [0.2, 0.25) is 5.95 Å². The van der Waals surface area contributed by atoms with Crippen LogP contribution in [-0.4, -0.2) is 42.6 Å². The van der Waals surface area contributed by atoms with Crippen LogP contribution in [0.5, 0.6) is 5.75 Å². The van der Waals surface area contributed by atoms with Crippen molar-refractivity contribution in [2.45, 2.75) is 13.3 Å². The first-order valence-electron chi connectivity index (χ1n) is 7.04. The van der Waals surface area contributed by atoms with Crippen LogP contribution < -0.4 is 15.5 Å². The number of nitrogen functional groups attached to an aromatic ring is 1. The van der Waals surface area contributed by atoms with E-state index in [0.29, 0.717) is 25.8 Å². The molecule has 2 aromatic rings. The Labute approximate surface area is 118 Å². The summed E-state index contributed by atoms with van der Waals surface area (Å²) < 4.78 is 13.1. The third-order valence-corrected chi connectivity index (χ3v) is 3.38. The maximum absolute atomic E-state index is 6.10. The molecule has 3 rings (SSSR count). The molecular weight excluding hydrogens is 256 g/mol. The fourth-order valence-electron chi connectivity index (χ4n) is 2.46. The van der Waals surface area contributed by atoms with Crippen LogP contribution in [0.3, 0.4) is 0 Å². The molecule has 1 fully saturated rings. The number of hydrogen-bond acceptors (Lipinski definition) is 5. The molecule has 2 N–H and O–H groups in total. The fraction of sp³-hybridized carbons (Fsp3) is 0.500. The Balaban J connectivity index is 2.02. The Kier molecular flexibility index (Phi) is 3.64. The molecule has 108 valence electrons. The van der Waals surface area contributed by atoms with E-state index in [1.165, 1.54) is 0 Å². The number of hydrogen-bond donors (Lipinski definition) is 1. The van der Waals surface area contributed by atoms with Crippen molar-refractivity contribution < 1.29 is 9.47 Å². The lowest BCUT2D eigenvalue weighted by atomic mass is 10.3. The molecule has 1 saturated heterocycles. The maximum atomic E-state index is 6.10. The van der Waals surface area contributed by atoms with E-state index in [0.717, 1.165) is 36.3 Å². The number of benzene rings is 1. The minimum absolute atomic E-state index is 0.495. The Morgan fingerprint density at radius 3 is 2.90 bits per heavy atom. The minimum Gasteiger partial charge on any atom is -0.491 e. The first-order chi connectivity index (χ1) is 9.81. The molecule has 6 nitrogen and oxygen atoms in total. The highest BCUT2D eigenvalue weighted by Gasteiger charge is 2.19. The van der Waals surface area contributed by atoms with E-state index < -0.39 is 0 Å². The molecule has 6 heteroatoms. The molecular formula is C14H20N4O2. The van der Waals surface area contributed by atoms with Crippen molar-refractivity contribution in [3.63, 3.8) is 0 Å². The molecule has 1 aromatic heterocycles. The fourth-order valence-corrected chi connectivity index (χ4v) is 2.46. The quantitative estimate of drug-likeness (QED) is 0.913. The standard InChI is InChI=1S/C14H20N4O2/c1-2-8-20-12-5-3-4-11-13(12)16-14(15)18(11)17-6-9-19-10-7-17/h3-5H,2,6-10H2,1H3,(H2,15,16). The van der Waals surface area contributed by atoms with Crippen LogP contribution >= 0.6 is 0 Å². The summed E-state index contributed by atoms with van der Waals surface area (Å²) in [6.45, 7) is 5.83. The second-order valence-electron chi connectivity index (χ2n) is 4.82. The van der Waals surface area contributed by atoms with Crippen LogP contribution in [0, 0.1) is 0 Å². The summed E-state index contributed by atoms with van der Waals surface area (Å²) in [4.78, 5) is 4.47. The molecule has 1 aliphatic heterocycles. The van der Waals surface area contributed by atoms with Crippen molar-refractivity contribution >= 4 is 17.0 Å². The zero-order valence-electron chi connectivity index (χ0n) is 11.7. The van der Waals surface area contributed by atoms with Gasteiger partial charge in [-0.2, -0.15) is 0 Å². The number of imidazole rings is 1. The molecule has 0 spiro atoms. The normalized spacial score (nSPS) is 15.8. The smallest absolute Gasteiger partial charge is 0.220 e. The van der Waals surface area contributed by atoms with Crippen molar-refractivity contribution in [2.75, 3.05) is 43.7 Å². The van der Waals surface area contributed by atoms with Gasteiger partial charge in [-0.1, -0.05) is 13.0 Å². The molecule has 0 bridgehead atoms. The molecule has 0 atom stereocenters. The highest BCUT2D eigenvalue weighted by Crippen LogP contribution is 2.27. The summed E-state index contributed by atoms with van der Waals surface area (Å²) in [6, 6.07) is 5.94. The van der Waals surface area contributed by atoms with E-state index in [-0.39, 0.29) is 0 Å². The first kappa shape index (κ1) is 13.1. The van der Waals surface area contributed by atoms with E-state index >= 15 is 0 Å². The van der Waals surface area contributed by atoms with Gasteiger partial charge in [0.1, 0.15) is 11.3 Å². The molecule has 0 amide bonds. The van der Waals surface area contributed by atoms with Gasteiger partial charge in [-0.15, -0.1) is 0 Å². The number of anilines is 1. The van der Waals surface area contributed by atoms with Crippen molar-refractivity contribution in [3.8, 4) is 5.75 Å². The lowest BCUT2D eigenvalue weighted by molar-refractivity contribution is 0.112. The van der Waals surface area contributed by atoms with Crippen LogP contribution in [0.25, 0.3) is 11.0 Å². The topological polar surface area (TPSA) is 65.5 Å². The number of nitrogens with two attached hydrogens (primary N) is 1. The van der Waals surface area contributed by atoms with Gasteiger partial charge in [0.25, 0.3) is 0 Å². The zero-order chi connectivity index (χ0) is 13.9. The number of rotatable bonds is 4. The van der Waals surface area contributed by atoms with Crippen LogP contribution in [0.15, 0.2) is 18.2 Å². The number of morpholine rings is 1. The molecule has 1 aliphatic rings. The molecule has 0 aliphatic carbocycles. The minimum atomic E-state index is 0.495. The maximum Gasteiger partial charge on any atom is 0.220 e. The monoisotopic (exact) mass is 276 g/mol. The third kappa shape index (κ3) is 2.27. The summed E-state index contributed by atoms with van der Waals surface area (Å²) in [5.74, 6) is 1.29. The van der Waals surface area contributed by atoms with Gasteiger partial charge in [-0.05, 0) is 18.6 Å². The second kappa shape index (κ2) is 5.58. The Morgan fingerprint density at radius 2 is 2.15 bits per heavy atom. The second-order valence-corrected chi connectivity index (χ2v) is 4.82. The Hall–Kier alpha value is -1.95. The number of fused-ring (bicyclic) bond motifs is 1. The summed E-state index contributed by atoms with van der Waals surface area (Å²) in [5.41, 5.74) is 7.90. The molecule has 20 heavy (non-hydrogen) atoms. The van der Waals surface area contributed by atoms with E-state index in [1.54, 1.807) is 0 Å². The lowest BCUT2D eigenvalue weighted by Crippen LogP contribution is -2.44. The number of aromatic nitrogens is 2. The largest absolute Gasteiger partial charge is 0.491 e. The van der Waals surface area contributed by atoms with Gasteiger partial charge in [0.15, 0.2) is 0 Å². The van der Waals surface area contributed by atoms with Gasteiger partial charge < -0.3 is 20.2 Å². The number of para-hydroxylation sites is 1. The van der Waals surface area contributed by atoms with Crippen LogP contribution in [0.2, 0.25) is 0 Å². The summed E-state index contributed by atoms with van der Waals surface area (Å²) in [5, 5.41) is 2.16. The lowest BCUT2D eigenvalue weighted by Gasteiger charge is -2.30. The molecule has 0 saturated carbocycles. The third-order valence-electron chi connectivity index (χ3n) is 3.38. The van der Waals surface area contributed by atoms with Gasteiger partial charge in [-0.3, -0.25) is 0 Å². The summed E-state index contributed by atoms with van der Waals surface area (Å²) in [6.07, 6.45) is 0.968. The van der Waals surface area contributed by atoms with Crippen molar-refractivity contribution in [1.82, 2.24) is 9.66 Å². The van der Waals surface area contributed by atoms with Gasteiger partial charge in [0, 0.05) is 0 Å². The first-order valence-corrected chi connectivity index (χ1v) is 7.04. The summed E-state index contributed by atoms with van der Waals surface area (Å²) in [7, 11) is 0. The van der Waals surface area contributed by atoms with Gasteiger partial charge >= 0.3 is 0 Å². The van der Waals surface area contributed by atoms with Crippen LogP contribution in [0.4, 0.5) is 5.95 Å². The SMILES string of the molecule is CCCOc1cccc2c1nc(N)n2N1CCOCC1. The Morgan fingerprint density at radius 1 is 1.35 bits per heavy atom. The van der Waals surface area contributed by atoms with E-state index in [4.69, 9.17) is 15.2 Å². The average molecular weight is 276 g/mol. The Bertz CT molecular complexity index is 590. The number of nitrogens with zero attached hydrogens (tertiary/aromatic N) is 3. The van der Waals surface area contributed by atoms with Gasteiger partial charge in [0.05, 0.1) is 38.4 Å².